The molecule has 0 fully saturated rings. The average molecular weight is 313 g/mol. The van der Waals surface area contributed by atoms with E-state index in [0.29, 0.717) is 28.7 Å². The van der Waals surface area contributed by atoms with E-state index in [9.17, 15) is 0 Å². The van der Waals surface area contributed by atoms with Crippen molar-refractivity contribution < 1.29 is 18.9 Å². The van der Waals surface area contributed by atoms with Gasteiger partial charge in [0.05, 0.1) is 34.1 Å². The molecule has 2 N–H and O–H groups in total. The molecule has 0 aliphatic heterocycles. The van der Waals surface area contributed by atoms with Gasteiger partial charge in [0.25, 0.3) is 0 Å². The predicted octanol–water partition coefficient (Wildman–Crippen LogP) is 2.70. The van der Waals surface area contributed by atoms with E-state index in [0.717, 1.165) is 11.1 Å². The Morgan fingerprint density at radius 1 is 0.696 bits per heavy atom. The van der Waals surface area contributed by atoms with Crippen molar-refractivity contribution in [3.8, 4) is 34.8 Å². The minimum absolute atomic E-state index is 0.536. The summed E-state index contributed by atoms with van der Waals surface area (Å²) < 4.78 is 21.0. The van der Waals surface area contributed by atoms with Crippen molar-refractivity contribution in [1.82, 2.24) is 0 Å². The highest BCUT2D eigenvalue weighted by Crippen LogP contribution is 2.37. The molecule has 5 nitrogen and oxygen atoms in total. The van der Waals surface area contributed by atoms with Gasteiger partial charge in [-0.15, -0.1) is 0 Å². The van der Waals surface area contributed by atoms with E-state index >= 15 is 0 Å². The summed E-state index contributed by atoms with van der Waals surface area (Å²) in [5, 5.41) is 0. The summed E-state index contributed by atoms with van der Waals surface area (Å²) in [6, 6.07) is 8.99. The van der Waals surface area contributed by atoms with Crippen LogP contribution in [0, 0.1) is 11.8 Å². The molecule has 2 aromatic carbocycles. The molecule has 0 heterocycles. The standard InChI is InChI=1S/C18H19NO4/c1-20-15-8-7-12(9-14(15)19)5-6-13-10-16(21-2)18(23-4)17(11-13)22-3/h7-11H,19H2,1-4H3. The molecule has 0 amide bonds. The van der Waals surface area contributed by atoms with Crippen molar-refractivity contribution in [3.05, 3.63) is 41.5 Å². The minimum Gasteiger partial charge on any atom is -0.495 e. The molecule has 2 aromatic rings. The van der Waals surface area contributed by atoms with Gasteiger partial charge in [-0.3, -0.25) is 0 Å². The maximum absolute atomic E-state index is 5.88. The van der Waals surface area contributed by atoms with Crippen molar-refractivity contribution in [1.29, 1.82) is 0 Å². The lowest BCUT2D eigenvalue weighted by Crippen LogP contribution is -1.95. The highest BCUT2D eigenvalue weighted by molar-refractivity contribution is 5.60. The quantitative estimate of drug-likeness (QED) is 0.694. The molecule has 0 saturated heterocycles. The van der Waals surface area contributed by atoms with Crippen LogP contribution in [0.15, 0.2) is 30.3 Å². The highest BCUT2D eigenvalue weighted by atomic mass is 16.5. The second kappa shape index (κ2) is 7.32. The van der Waals surface area contributed by atoms with Crippen LogP contribution in [0.25, 0.3) is 0 Å². The second-order valence-electron chi connectivity index (χ2n) is 4.62. The largest absolute Gasteiger partial charge is 0.495 e. The fourth-order valence-corrected chi connectivity index (χ4v) is 2.11. The third-order valence-corrected chi connectivity index (χ3v) is 3.25. The van der Waals surface area contributed by atoms with Gasteiger partial charge in [0.2, 0.25) is 5.75 Å². The summed E-state index contributed by atoms with van der Waals surface area (Å²) in [7, 11) is 6.27. The Bertz CT molecular complexity index is 734. The van der Waals surface area contributed by atoms with Crippen molar-refractivity contribution >= 4 is 5.69 Å². The third kappa shape index (κ3) is 3.61. The molecule has 0 aromatic heterocycles. The van der Waals surface area contributed by atoms with Crippen LogP contribution in [0.2, 0.25) is 0 Å². The van der Waals surface area contributed by atoms with Gasteiger partial charge in [0.15, 0.2) is 11.5 Å². The number of rotatable bonds is 4. The molecule has 0 unspecified atom stereocenters. The van der Waals surface area contributed by atoms with Crippen molar-refractivity contribution in [3.63, 3.8) is 0 Å². The minimum atomic E-state index is 0.536. The van der Waals surface area contributed by atoms with Crippen LogP contribution in [0.4, 0.5) is 5.69 Å². The van der Waals surface area contributed by atoms with Gasteiger partial charge >= 0.3 is 0 Å². The normalized spacial score (nSPS) is 9.57. The number of benzene rings is 2. The van der Waals surface area contributed by atoms with Gasteiger partial charge in [-0.2, -0.15) is 0 Å². The van der Waals surface area contributed by atoms with Crippen LogP contribution in [0.1, 0.15) is 11.1 Å². The van der Waals surface area contributed by atoms with Gasteiger partial charge in [-0.1, -0.05) is 11.8 Å². The average Bonchev–Trinajstić information content (AvgIpc) is 2.58. The maximum Gasteiger partial charge on any atom is 0.203 e. The van der Waals surface area contributed by atoms with Gasteiger partial charge in [0, 0.05) is 11.1 Å². The molecule has 0 spiro atoms. The molecule has 0 aliphatic rings. The van der Waals surface area contributed by atoms with E-state index in [2.05, 4.69) is 11.8 Å². The molecule has 120 valence electrons. The highest BCUT2D eigenvalue weighted by Gasteiger charge is 2.12. The molecular weight excluding hydrogens is 294 g/mol. The van der Waals surface area contributed by atoms with Crippen molar-refractivity contribution in [2.24, 2.45) is 0 Å². The van der Waals surface area contributed by atoms with Crippen molar-refractivity contribution in [2.75, 3.05) is 34.2 Å². The summed E-state index contributed by atoms with van der Waals surface area (Å²) in [5.41, 5.74) is 7.96. The van der Waals surface area contributed by atoms with Gasteiger partial charge in [-0.25, -0.2) is 0 Å². The van der Waals surface area contributed by atoms with Crippen LogP contribution in [0.5, 0.6) is 23.0 Å². The fraction of sp³-hybridized carbons (Fsp3) is 0.222. The maximum atomic E-state index is 5.88. The molecule has 0 atom stereocenters. The number of methoxy groups -OCH3 is 4. The Labute approximate surface area is 135 Å². The van der Waals surface area contributed by atoms with Crippen LogP contribution in [-0.4, -0.2) is 28.4 Å². The Morgan fingerprint density at radius 3 is 1.74 bits per heavy atom. The first-order valence-corrected chi connectivity index (χ1v) is 6.88. The lowest BCUT2D eigenvalue weighted by atomic mass is 10.1. The zero-order chi connectivity index (χ0) is 16.8. The zero-order valence-electron chi connectivity index (χ0n) is 13.6. The molecule has 5 heteroatoms. The van der Waals surface area contributed by atoms with Crippen LogP contribution in [0.3, 0.4) is 0 Å². The molecule has 0 bridgehead atoms. The number of nitrogen functional groups attached to an aromatic ring is 1. The first kappa shape index (κ1) is 16.4. The van der Waals surface area contributed by atoms with E-state index < -0.39 is 0 Å². The van der Waals surface area contributed by atoms with Gasteiger partial charge < -0.3 is 24.7 Å². The summed E-state index contributed by atoms with van der Waals surface area (Å²) in [5.74, 6) is 8.41. The summed E-state index contributed by atoms with van der Waals surface area (Å²) in [6.07, 6.45) is 0. The van der Waals surface area contributed by atoms with Crippen LogP contribution < -0.4 is 24.7 Å². The molecular formula is C18H19NO4. The van der Waals surface area contributed by atoms with E-state index in [-0.39, 0.29) is 0 Å². The van der Waals surface area contributed by atoms with E-state index in [1.165, 1.54) is 0 Å². The van der Waals surface area contributed by atoms with Crippen molar-refractivity contribution in [2.45, 2.75) is 0 Å². The molecule has 23 heavy (non-hydrogen) atoms. The molecule has 0 aliphatic carbocycles. The Morgan fingerprint density at radius 2 is 1.26 bits per heavy atom. The Hall–Kier alpha value is -3.00. The Kier molecular flexibility index (Phi) is 5.21. The van der Waals surface area contributed by atoms with E-state index in [4.69, 9.17) is 24.7 Å². The summed E-state index contributed by atoms with van der Waals surface area (Å²) in [6.45, 7) is 0. The zero-order valence-corrected chi connectivity index (χ0v) is 13.6. The smallest absolute Gasteiger partial charge is 0.203 e. The third-order valence-electron chi connectivity index (χ3n) is 3.25. The number of hydrogen-bond donors (Lipinski definition) is 1. The molecule has 2 rings (SSSR count). The predicted molar refractivity (Wildman–Crippen MR) is 89.5 cm³/mol. The lowest BCUT2D eigenvalue weighted by molar-refractivity contribution is 0.324. The summed E-state index contributed by atoms with van der Waals surface area (Å²) >= 11 is 0. The molecule has 0 radical (unpaired) electrons. The number of ether oxygens (including phenoxy) is 4. The van der Waals surface area contributed by atoms with Crippen LogP contribution in [-0.2, 0) is 0 Å². The van der Waals surface area contributed by atoms with E-state index in [1.807, 2.05) is 6.07 Å². The second-order valence-corrected chi connectivity index (χ2v) is 4.62. The van der Waals surface area contributed by atoms with E-state index in [1.54, 1.807) is 52.7 Å². The SMILES string of the molecule is COc1ccc(C#Cc2cc(OC)c(OC)c(OC)c2)cc1N. The Balaban J connectivity index is 2.39. The monoisotopic (exact) mass is 313 g/mol. The fourth-order valence-electron chi connectivity index (χ4n) is 2.11. The first-order valence-electron chi connectivity index (χ1n) is 6.88. The van der Waals surface area contributed by atoms with Gasteiger partial charge in [0.1, 0.15) is 5.75 Å². The van der Waals surface area contributed by atoms with Gasteiger partial charge in [-0.05, 0) is 30.3 Å². The lowest BCUT2D eigenvalue weighted by Gasteiger charge is -2.12. The first-order chi connectivity index (χ1) is 11.1. The van der Waals surface area contributed by atoms with Crippen LogP contribution >= 0.6 is 0 Å². The molecule has 0 saturated carbocycles. The number of hydrogen-bond acceptors (Lipinski definition) is 5. The number of anilines is 1. The number of nitrogens with two attached hydrogens (primary N) is 1. The summed E-state index contributed by atoms with van der Waals surface area (Å²) in [4.78, 5) is 0. The topological polar surface area (TPSA) is 62.9 Å².